The van der Waals surface area contributed by atoms with E-state index in [-0.39, 0.29) is 5.78 Å². The van der Waals surface area contributed by atoms with Gasteiger partial charge in [-0.25, -0.2) is 0 Å². The molecular weight excluding hydrogens is 240 g/mol. The Hall–Kier alpha value is -2.10. The molecule has 4 nitrogen and oxygen atoms in total. The van der Waals surface area contributed by atoms with E-state index in [9.17, 15) is 4.79 Å². The molecule has 100 valence electrons. The first-order chi connectivity index (χ1) is 9.02. The standard InChI is InChI=1S/C15H18N2O2/c1-10-15(11(2)17(3)16-10)14(18)9-12-6-5-7-13(8-12)19-4/h5-8H,9H2,1-4H3. The number of methoxy groups -OCH3 is 1. The van der Waals surface area contributed by atoms with Crippen LogP contribution in [0.1, 0.15) is 27.3 Å². The topological polar surface area (TPSA) is 44.1 Å². The molecule has 0 amide bonds. The summed E-state index contributed by atoms with van der Waals surface area (Å²) >= 11 is 0. The molecule has 1 heterocycles. The number of carbonyl (C=O) groups excluding carboxylic acids is 1. The SMILES string of the molecule is COc1cccc(CC(=O)c2c(C)nn(C)c2C)c1. The number of carbonyl (C=O) groups is 1. The number of Topliss-reactive ketones (excluding diaryl/α,β-unsaturated/α-hetero) is 1. The van der Waals surface area contributed by atoms with Crippen molar-refractivity contribution in [1.82, 2.24) is 9.78 Å². The lowest BCUT2D eigenvalue weighted by Gasteiger charge is -2.04. The van der Waals surface area contributed by atoms with E-state index in [2.05, 4.69) is 5.10 Å². The van der Waals surface area contributed by atoms with Crippen LogP contribution in [0.25, 0.3) is 0 Å². The first-order valence-corrected chi connectivity index (χ1v) is 6.19. The molecule has 0 spiro atoms. The minimum atomic E-state index is 0.0938. The molecular formula is C15H18N2O2. The van der Waals surface area contributed by atoms with Crippen molar-refractivity contribution in [3.63, 3.8) is 0 Å². The number of ketones is 1. The Labute approximate surface area is 113 Å². The molecule has 4 heteroatoms. The van der Waals surface area contributed by atoms with Gasteiger partial charge in [0.2, 0.25) is 0 Å². The van der Waals surface area contributed by atoms with E-state index in [0.717, 1.165) is 28.3 Å². The van der Waals surface area contributed by atoms with Gasteiger partial charge >= 0.3 is 0 Å². The molecule has 0 aliphatic carbocycles. The van der Waals surface area contributed by atoms with Gasteiger partial charge in [-0.05, 0) is 31.5 Å². The monoisotopic (exact) mass is 258 g/mol. The highest BCUT2D eigenvalue weighted by Crippen LogP contribution is 2.18. The van der Waals surface area contributed by atoms with Crippen molar-refractivity contribution in [1.29, 1.82) is 0 Å². The largest absolute Gasteiger partial charge is 0.497 e. The highest BCUT2D eigenvalue weighted by Gasteiger charge is 2.17. The highest BCUT2D eigenvalue weighted by atomic mass is 16.5. The molecule has 0 N–H and O–H groups in total. The smallest absolute Gasteiger partial charge is 0.170 e. The van der Waals surface area contributed by atoms with Crippen molar-refractivity contribution < 1.29 is 9.53 Å². The van der Waals surface area contributed by atoms with E-state index < -0.39 is 0 Å². The third-order valence-electron chi connectivity index (χ3n) is 3.29. The van der Waals surface area contributed by atoms with Crippen molar-refractivity contribution in [2.75, 3.05) is 7.11 Å². The van der Waals surface area contributed by atoms with Crippen LogP contribution in [0.15, 0.2) is 24.3 Å². The third-order valence-corrected chi connectivity index (χ3v) is 3.29. The number of aromatic nitrogens is 2. The average Bonchev–Trinajstić information content (AvgIpc) is 2.63. The first kappa shape index (κ1) is 13.3. The first-order valence-electron chi connectivity index (χ1n) is 6.19. The van der Waals surface area contributed by atoms with Crippen LogP contribution in [0.3, 0.4) is 0 Å². The van der Waals surface area contributed by atoms with E-state index in [1.54, 1.807) is 11.8 Å². The Morgan fingerprint density at radius 3 is 2.68 bits per heavy atom. The van der Waals surface area contributed by atoms with Gasteiger partial charge in [0.05, 0.1) is 18.4 Å². The number of hydrogen-bond acceptors (Lipinski definition) is 3. The summed E-state index contributed by atoms with van der Waals surface area (Å²) in [5.41, 5.74) is 3.37. The van der Waals surface area contributed by atoms with Crippen molar-refractivity contribution in [2.24, 2.45) is 7.05 Å². The molecule has 0 atom stereocenters. The fraction of sp³-hybridized carbons (Fsp3) is 0.333. The van der Waals surface area contributed by atoms with Gasteiger partial charge in [-0.1, -0.05) is 12.1 Å². The average molecular weight is 258 g/mol. The molecule has 0 aliphatic rings. The predicted octanol–water partition coefficient (Wildman–Crippen LogP) is 2.47. The normalized spacial score (nSPS) is 10.5. The lowest BCUT2D eigenvalue weighted by atomic mass is 10.0. The Bertz CT molecular complexity index is 615. The van der Waals surface area contributed by atoms with Crippen LogP contribution in [-0.4, -0.2) is 22.7 Å². The molecule has 1 aromatic heterocycles. The Kier molecular flexibility index (Phi) is 3.69. The Balaban J connectivity index is 2.25. The lowest BCUT2D eigenvalue weighted by Crippen LogP contribution is -2.06. The van der Waals surface area contributed by atoms with E-state index >= 15 is 0 Å². The minimum absolute atomic E-state index is 0.0938. The van der Waals surface area contributed by atoms with Crippen LogP contribution in [0.2, 0.25) is 0 Å². The number of nitrogens with zero attached hydrogens (tertiary/aromatic N) is 2. The van der Waals surface area contributed by atoms with Gasteiger partial charge in [0.1, 0.15) is 5.75 Å². The molecule has 19 heavy (non-hydrogen) atoms. The Morgan fingerprint density at radius 1 is 1.37 bits per heavy atom. The van der Waals surface area contributed by atoms with E-state index in [4.69, 9.17) is 4.74 Å². The molecule has 2 rings (SSSR count). The summed E-state index contributed by atoms with van der Waals surface area (Å²) in [6.45, 7) is 3.78. The zero-order valence-electron chi connectivity index (χ0n) is 11.7. The molecule has 1 aromatic carbocycles. The predicted molar refractivity (Wildman–Crippen MR) is 73.7 cm³/mol. The van der Waals surface area contributed by atoms with Crippen LogP contribution >= 0.6 is 0 Å². The van der Waals surface area contributed by atoms with Crippen molar-refractivity contribution in [3.05, 3.63) is 46.8 Å². The summed E-state index contributed by atoms with van der Waals surface area (Å²) in [4.78, 5) is 12.4. The van der Waals surface area contributed by atoms with Crippen LogP contribution < -0.4 is 4.74 Å². The summed E-state index contributed by atoms with van der Waals surface area (Å²) < 4.78 is 6.91. The summed E-state index contributed by atoms with van der Waals surface area (Å²) in [6.07, 6.45) is 0.366. The summed E-state index contributed by atoms with van der Waals surface area (Å²) in [5, 5.41) is 4.28. The highest BCUT2D eigenvalue weighted by molar-refractivity contribution is 5.99. The van der Waals surface area contributed by atoms with Gasteiger partial charge in [0.15, 0.2) is 5.78 Å². The maximum absolute atomic E-state index is 12.4. The van der Waals surface area contributed by atoms with Crippen LogP contribution in [-0.2, 0) is 13.5 Å². The van der Waals surface area contributed by atoms with Crippen LogP contribution in [0.5, 0.6) is 5.75 Å². The molecule has 0 saturated heterocycles. The Morgan fingerprint density at radius 2 is 2.11 bits per heavy atom. The number of ether oxygens (including phenoxy) is 1. The number of benzene rings is 1. The van der Waals surface area contributed by atoms with Crippen molar-refractivity contribution in [3.8, 4) is 5.75 Å². The molecule has 0 bridgehead atoms. The van der Waals surface area contributed by atoms with Gasteiger partial charge in [-0.3, -0.25) is 9.48 Å². The van der Waals surface area contributed by atoms with Gasteiger partial charge < -0.3 is 4.74 Å². The number of rotatable bonds is 4. The molecule has 0 fully saturated rings. The second-order valence-electron chi connectivity index (χ2n) is 4.62. The van der Waals surface area contributed by atoms with Crippen LogP contribution in [0.4, 0.5) is 0 Å². The van der Waals surface area contributed by atoms with E-state index in [1.807, 2.05) is 45.2 Å². The van der Waals surface area contributed by atoms with Crippen molar-refractivity contribution >= 4 is 5.78 Å². The van der Waals surface area contributed by atoms with Gasteiger partial charge in [0.25, 0.3) is 0 Å². The quantitative estimate of drug-likeness (QED) is 0.791. The third kappa shape index (κ3) is 2.67. The van der Waals surface area contributed by atoms with Gasteiger partial charge in [-0.15, -0.1) is 0 Å². The fourth-order valence-corrected chi connectivity index (χ4v) is 2.23. The molecule has 0 radical (unpaired) electrons. The minimum Gasteiger partial charge on any atom is -0.497 e. The summed E-state index contributed by atoms with van der Waals surface area (Å²) in [7, 11) is 3.47. The van der Waals surface area contributed by atoms with Gasteiger partial charge in [0, 0.05) is 19.2 Å². The maximum atomic E-state index is 12.4. The second-order valence-corrected chi connectivity index (χ2v) is 4.62. The number of hydrogen-bond donors (Lipinski definition) is 0. The van der Waals surface area contributed by atoms with E-state index in [0.29, 0.717) is 6.42 Å². The summed E-state index contributed by atoms with van der Waals surface area (Å²) in [5.74, 6) is 0.862. The summed E-state index contributed by atoms with van der Waals surface area (Å²) in [6, 6.07) is 7.58. The van der Waals surface area contributed by atoms with Gasteiger partial charge in [-0.2, -0.15) is 5.10 Å². The molecule has 0 saturated carbocycles. The fourth-order valence-electron chi connectivity index (χ4n) is 2.23. The van der Waals surface area contributed by atoms with Crippen LogP contribution in [0, 0.1) is 13.8 Å². The second kappa shape index (κ2) is 5.26. The zero-order valence-corrected chi connectivity index (χ0v) is 11.7. The molecule has 0 aliphatic heterocycles. The van der Waals surface area contributed by atoms with Crippen molar-refractivity contribution in [2.45, 2.75) is 20.3 Å². The van der Waals surface area contributed by atoms with E-state index in [1.165, 1.54) is 0 Å². The molecule has 0 unspecified atom stereocenters. The lowest BCUT2D eigenvalue weighted by molar-refractivity contribution is 0.0991. The zero-order chi connectivity index (χ0) is 14.0. The maximum Gasteiger partial charge on any atom is 0.170 e. The number of aryl methyl sites for hydroxylation is 2. The molecule has 2 aromatic rings.